The van der Waals surface area contributed by atoms with Crippen LogP contribution in [0.2, 0.25) is 0 Å². The average molecular weight is 877 g/mol. The third kappa shape index (κ3) is 49.5. The minimum atomic E-state index is -0.819. The van der Waals surface area contributed by atoms with Crippen LogP contribution in [0.1, 0.15) is 239 Å². The zero-order chi connectivity index (χ0) is 45.8. The van der Waals surface area contributed by atoms with Crippen LogP contribution in [0, 0.1) is 0 Å². The van der Waals surface area contributed by atoms with Crippen molar-refractivity contribution in [3.05, 3.63) is 85.1 Å². The summed E-state index contributed by atoms with van der Waals surface area (Å²) < 4.78 is 16.7. The van der Waals surface area contributed by atoms with Crippen molar-refractivity contribution in [2.45, 2.75) is 245 Å². The largest absolute Gasteiger partial charge is 0.462 e. The maximum Gasteiger partial charge on any atom is 0.306 e. The van der Waals surface area contributed by atoms with Gasteiger partial charge in [-0.25, -0.2) is 0 Å². The van der Waals surface area contributed by atoms with Crippen LogP contribution in [0.15, 0.2) is 85.1 Å². The van der Waals surface area contributed by atoms with Gasteiger partial charge < -0.3 is 14.2 Å². The molecule has 0 saturated heterocycles. The van der Waals surface area contributed by atoms with E-state index in [1.165, 1.54) is 109 Å². The molecule has 0 aromatic carbocycles. The first kappa shape index (κ1) is 59.6. The summed E-state index contributed by atoms with van der Waals surface area (Å²) in [6, 6.07) is 0. The number of hydrogen-bond acceptors (Lipinski definition) is 6. The van der Waals surface area contributed by atoms with Gasteiger partial charge in [-0.05, 0) is 116 Å². The van der Waals surface area contributed by atoms with E-state index in [9.17, 15) is 14.4 Å². The summed E-state index contributed by atoms with van der Waals surface area (Å²) in [6.45, 7) is 6.50. The Morgan fingerprint density at radius 3 is 1.05 bits per heavy atom. The van der Waals surface area contributed by atoms with E-state index in [0.717, 1.165) is 77.0 Å². The minimum Gasteiger partial charge on any atom is -0.462 e. The number of rotatable bonds is 46. The zero-order valence-corrected chi connectivity index (χ0v) is 41.1. The molecule has 360 valence electrons. The number of carbonyl (C=O) groups is 3. The second-order valence-electron chi connectivity index (χ2n) is 17.1. The van der Waals surface area contributed by atoms with Gasteiger partial charge in [-0.3, -0.25) is 14.4 Å². The number of unbranched alkanes of at least 4 members (excludes halogenated alkanes) is 21. The van der Waals surface area contributed by atoms with Gasteiger partial charge in [0.25, 0.3) is 0 Å². The highest BCUT2D eigenvalue weighted by Crippen LogP contribution is 2.12. The van der Waals surface area contributed by atoms with Gasteiger partial charge in [-0.2, -0.15) is 0 Å². The normalized spacial score (nSPS) is 12.7. The van der Waals surface area contributed by atoms with Gasteiger partial charge in [-0.1, -0.05) is 189 Å². The summed E-state index contributed by atoms with van der Waals surface area (Å²) in [5.41, 5.74) is 0. The van der Waals surface area contributed by atoms with Crippen molar-refractivity contribution in [3.63, 3.8) is 0 Å². The van der Waals surface area contributed by atoms with Crippen molar-refractivity contribution in [2.24, 2.45) is 0 Å². The average Bonchev–Trinajstić information content (AvgIpc) is 3.28. The molecule has 0 heterocycles. The third-order valence-electron chi connectivity index (χ3n) is 10.8. The molecule has 0 aliphatic heterocycles. The highest BCUT2D eigenvalue weighted by atomic mass is 16.6. The molecule has 0 radical (unpaired) electrons. The van der Waals surface area contributed by atoms with Crippen molar-refractivity contribution >= 4 is 17.9 Å². The van der Waals surface area contributed by atoms with Gasteiger partial charge in [0, 0.05) is 19.3 Å². The van der Waals surface area contributed by atoms with Gasteiger partial charge >= 0.3 is 17.9 Å². The molecule has 0 aliphatic rings. The molecule has 6 nitrogen and oxygen atoms in total. The van der Waals surface area contributed by atoms with E-state index in [2.05, 4.69) is 106 Å². The number of esters is 3. The highest BCUT2D eigenvalue weighted by Gasteiger charge is 2.19. The van der Waals surface area contributed by atoms with E-state index < -0.39 is 6.10 Å². The lowest BCUT2D eigenvalue weighted by Gasteiger charge is -2.18. The molecule has 0 N–H and O–H groups in total. The molecule has 0 fully saturated rings. The van der Waals surface area contributed by atoms with Crippen LogP contribution >= 0.6 is 0 Å². The molecule has 63 heavy (non-hydrogen) atoms. The Morgan fingerprint density at radius 2 is 0.587 bits per heavy atom. The molecule has 0 saturated carbocycles. The second kappa shape index (κ2) is 51.2. The van der Waals surface area contributed by atoms with E-state index in [4.69, 9.17) is 14.2 Å². The minimum absolute atomic E-state index is 0.112. The van der Waals surface area contributed by atoms with Gasteiger partial charge in [-0.15, -0.1) is 0 Å². The lowest BCUT2D eigenvalue weighted by Crippen LogP contribution is -2.30. The summed E-state index contributed by atoms with van der Waals surface area (Å²) >= 11 is 0. The summed E-state index contributed by atoms with van der Waals surface area (Å²) in [5.74, 6) is -1.02. The molecule has 1 atom stereocenters. The smallest absolute Gasteiger partial charge is 0.306 e. The van der Waals surface area contributed by atoms with E-state index in [-0.39, 0.29) is 44.0 Å². The van der Waals surface area contributed by atoms with Crippen molar-refractivity contribution in [1.29, 1.82) is 0 Å². The maximum atomic E-state index is 12.8. The first-order valence-electron chi connectivity index (χ1n) is 26.1. The third-order valence-corrected chi connectivity index (χ3v) is 10.8. The SMILES string of the molecule is CCCCC/C=C\C/C=C\C/C=C\CCCCC(=O)O[C@H](COC(=O)CCC/C=C\C/C=C\C/C=C\CCCCCCCC)COC(=O)CCCCCCC/C=C\CCCCCC. The van der Waals surface area contributed by atoms with Crippen LogP contribution in [-0.2, 0) is 28.6 Å². The van der Waals surface area contributed by atoms with Crippen LogP contribution in [0.5, 0.6) is 0 Å². The summed E-state index contributed by atoms with van der Waals surface area (Å²) in [6.07, 6.45) is 65.7. The van der Waals surface area contributed by atoms with Gasteiger partial charge in [0.1, 0.15) is 13.2 Å². The fourth-order valence-electron chi connectivity index (χ4n) is 6.87. The Labute approximate surface area is 388 Å². The molecule has 6 heteroatoms. The monoisotopic (exact) mass is 877 g/mol. The van der Waals surface area contributed by atoms with Gasteiger partial charge in [0.05, 0.1) is 0 Å². The fraction of sp³-hybridized carbons (Fsp3) is 0.702. The van der Waals surface area contributed by atoms with Crippen molar-refractivity contribution in [3.8, 4) is 0 Å². The molecule has 0 rings (SSSR count). The van der Waals surface area contributed by atoms with Gasteiger partial charge in [0.15, 0.2) is 6.10 Å². The molecule has 0 aliphatic carbocycles. The van der Waals surface area contributed by atoms with Crippen molar-refractivity contribution in [2.75, 3.05) is 13.2 Å². The molecule has 0 aromatic rings. The molecule has 0 bridgehead atoms. The Balaban J connectivity index is 4.54. The van der Waals surface area contributed by atoms with Crippen LogP contribution < -0.4 is 0 Å². The molecular weight excluding hydrogens is 781 g/mol. The standard InChI is InChI=1S/C57H96O6/c1-4-7-10-13-16-19-22-25-27-28-30-32-35-38-41-44-47-50-56(59)62-53-54(52-61-55(58)49-46-43-40-37-34-31-24-21-18-15-12-9-6-3)63-57(60)51-48-45-42-39-36-33-29-26-23-20-17-14-11-8-5-2/h17,20-21,24-27,29-30,32,36,38-39,41,54H,4-16,18-19,22-23,28,31,33-35,37,40,42-53H2,1-3H3/b20-17-,24-21-,27-25-,29-26-,32-30-,39-36-,41-38-/t54-/m0/s1. The molecule has 0 spiro atoms. The predicted octanol–water partition coefficient (Wildman–Crippen LogP) is 17.2. The maximum absolute atomic E-state index is 12.8. The van der Waals surface area contributed by atoms with Crippen LogP contribution in [0.3, 0.4) is 0 Å². The van der Waals surface area contributed by atoms with E-state index in [1.54, 1.807) is 0 Å². The first-order valence-corrected chi connectivity index (χ1v) is 26.1. The lowest BCUT2D eigenvalue weighted by atomic mass is 10.1. The Bertz CT molecular complexity index is 1240. The quantitative estimate of drug-likeness (QED) is 0.0262. The zero-order valence-electron chi connectivity index (χ0n) is 41.1. The Kier molecular flexibility index (Phi) is 48.5. The molecule has 0 unspecified atom stereocenters. The predicted molar refractivity (Wildman–Crippen MR) is 270 cm³/mol. The van der Waals surface area contributed by atoms with E-state index >= 15 is 0 Å². The molecule has 0 amide bonds. The Morgan fingerprint density at radius 1 is 0.317 bits per heavy atom. The summed E-state index contributed by atoms with van der Waals surface area (Å²) in [4.78, 5) is 37.9. The number of allylic oxidation sites excluding steroid dienone is 14. The fourth-order valence-corrected chi connectivity index (χ4v) is 6.87. The topological polar surface area (TPSA) is 78.9 Å². The number of hydrogen-bond donors (Lipinski definition) is 0. The van der Waals surface area contributed by atoms with Crippen molar-refractivity contribution in [1.82, 2.24) is 0 Å². The second-order valence-corrected chi connectivity index (χ2v) is 17.1. The first-order chi connectivity index (χ1) is 31.0. The highest BCUT2D eigenvalue weighted by molar-refractivity contribution is 5.71. The van der Waals surface area contributed by atoms with Crippen LogP contribution in [0.4, 0.5) is 0 Å². The van der Waals surface area contributed by atoms with Crippen LogP contribution in [-0.4, -0.2) is 37.2 Å². The van der Waals surface area contributed by atoms with E-state index in [1.807, 2.05) is 0 Å². The van der Waals surface area contributed by atoms with Crippen molar-refractivity contribution < 1.29 is 28.6 Å². The Hall–Kier alpha value is -3.41. The summed E-state index contributed by atoms with van der Waals surface area (Å²) in [5, 5.41) is 0. The number of ether oxygens (including phenoxy) is 3. The van der Waals surface area contributed by atoms with Crippen LogP contribution in [0.25, 0.3) is 0 Å². The molecule has 0 aromatic heterocycles. The molecular formula is C57H96O6. The number of carbonyl (C=O) groups excluding carboxylic acids is 3. The van der Waals surface area contributed by atoms with E-state index in [0.29, 0.717) is 19.3 Å². The lowest BCUT2D eigenvalue weighted by molar-refractivity contribution is -0.167. The van der Waals surface area contributed by atoms with Gasteiger partial charge in [0.2, 0.25) is 0 Å². The summed E-state index contributed by atoms with van der Waals surface area (Å²) in [7, 11) is 0.